The van der Waals surface area contributed by atoms with Crippen molar-refractivity contribution in [2.45, 2.75) is 18.6 Å². The van der Waals surface area contributed by atoms with Crippen LogP contribution in [-0.4, -0.2) is 22.2 Å². The van der Waals surface area contributed by atoms with Crippen molar-refractivity contribution in [2.75, 3.05) is 5.32 Å². The first-order valence-corrected chi connectivity index (χ1v) is 9.05. The van der Waals surface area contributed by atoms with Crippen LogP contribution in [0, 0.1) is 12.7 Å². The van der Waals surface area contributed by atoms with Gasteiger partial charge in [-0.3, -0.25) is 9.59 Å². The van der Waals surface area contributed by atoms with E-state index in [1.165, 1.54) is 18.2 Å². The second-order valence-electron chi connectivity index (χ2n) is 5.68. The van der Waals surface area contributed by atoms with Crippen molar-refractivity contribution >= 4 is 51.7 Å². The number of amidine groups is 1. The van der Waals surface area contributed by atoms with Crippen LogP contribution in [0.5, 0.6) is 0 Å². The van der Waals surface area contributed by atoms with Gasteiger partial charge in [0.2, 0.25) is 11.8 Å². The number of hydrogen-bond donors (Lipinski definition) is 2. The van der Waals surface area contributed by atoms with E-state index in [4.69, 9.17) is 11.6 Å². The van der Waals surface area contributed by atoms with Gasteiger partial charge in [-0.1, -0.05) is 41.6 Å². The highest BCUT2D eigenvalue weighted by Gasteiger charge is 2.32. The Morgan fingerprint density at radius 2 is 2.12 bits per heavy atom. The number of carbonyl (C=O) groups is 2. The molecule has 1 aliphatic rings. The van der Waals surface area contributed by atoms with Crippen LogP contribution >= 0.6 is 23.4 Å². The lowest BCUT2D eigenvalue weighted by Crippen LogP contribution is -2.28. The van der Waals surface area contributed by atoms with E-state index >= 15 is 0 Å². The van der Waals surface area contributed by atoms with Crippen LogP contribution in [0.2, 0.25) is 5.02 Å². The molecule has 3 rings (SSSR count). The molecule has 26 heavy (non-hydrogen) atoms. The van der Waals surface area contributed by atoms with E-state index in [-0.39, 0.29) is 18.0 Å². The Bertz CT molecular complexity index is 904. The maximum Gasteiger partial charge on any atom is 0.240 e. The molecule has 1 heterocycles. The fraction of sp³-hybridized carbons (Fsp3) is 0.167. The second-order valence-corrected chi connectivity index (χ2v) is 7.28. The normalized spacial score (nSPS) is 18.0. The lowest BCUT2D eigenvalue weighted by Gasteiger charge is -2.08. The molecule has 2 aromatic carbocycles. The summed E-state index contributed by atoms with van der Waals surface area (Å²) in [5.41, 5.74) is 1.63. The number of rotatable bonds is 4. The Hall–Kier alpha value is -2.38. The van der Waals surface area contributed by atoms with Crippen LogP contribution in [0.15, 0.2) is 47.5 Å². The maximum absolute atomic E-state index is 13.6. The molecule has 0 aromatic heterocycles. The van der Waals surface area contributed by atoms with Gasteiger partial charge in [0.25, 0.3) is 0 Å². The molecule has 0 spiro atoms. The van der Waals surface area contributed by atoms with Gasteiger partial charge in [-0.05, 0) is 36.8 Å². The molecule has 0 radical (unpaired) electrons. The summed E-state index contributed by atoms with van der Waals surface area (Å²) >= 11 is 7.23. The number of amides is 2. The second kappa shape index (κ2) is 7.88. The molecule has 5 nitrogen and oxygen atoms in total. The quantitative estimate of drug-likeness (QED) is 0.826. The van der Waals surface area contributed by atoms with Gasteiger partial charge in [-0.15, -0.1) is 0 Å². The Labute approximate surface area is 159 Å². The molecule has 1 atom stereocenters. The lowest BCUT2D eigenvalue weighted by molar-refractivity contribution is -0.122. The van der Waals surface area contributed by atoms with E-state index in [9.17, 15) is 14.0 Å². The number of carbonyl (C=O) groups excluding carboxylic acids is 2. The molecular weight excluding hydrogens is 377 g/mol. The van der Waals surface area contributed by atoms with E-state index < -0.39 is 17.0 Å². The first kappa shape index (κ1) is 18.4. The van der Waals surface area contributed by atoms with Gasteiger partial charge < -0.3 is 10.6 Å². The molecule has 8 heteroatoms. The number of halogens is 2. The summed E-state index contributed by atoms with van der Waals surface area (Å²) in [6.45, 7) is 1.88. The highest BCUT2D eigenvalue weighted by atomic mass is 35.5. The van der Waals surface area contributed by atoms with Crippen molar-refractivity contribution in [1.82, 2.24) is 5.32 Å². The van der Waals surface area contributed by atoms with Crippen LogP contribution in [0.1, 0.15) is 12.0 Å². The third kappa shape index (κ3) is 4.42. The fourth-order valence-electron chi connectivity index (χ4n) is 2.29. The van der Waals surface area contributed by atoms with E-state index in [2.05, 4.69) is 15.6 Å². The molecule has 1 saturated heterocycles. The number of nitrogens with zero attached hydrogens (tertiary/aromatic N) is 1. The summed E-state index contributed by atoms with van der Waals surface area (Å²) in [5, 5.41) is 5.48. The smallest absolute Gasteiger partial charge is 0.240 e. The minimum absolute atomic E-state index is 0.0848. The molecule has 0 bridgehead atoms. The van der Waals surface area contributed by atoms with Crippen molar-refractivity contribution in [3.05, 3.63) is 58.9 Å². The number of nitrogens with one attached hydrogen (secondary N) is 2. The number of para-hydroxylation sites is 1. The highest BCUT2D eigenvalue weighted by molar-refractivity contribution is 8.15. The van der Waals surface area contributed by atoms with E-state index in [0.29, 0.717) is 15.9 Å². The Morgan fingerprint density at radius 1 is 1.35 bits per heavy atom. The van der Waals surface area contributed by atoms with E-state index in [0.717, 1.165) is 17.3 Å². The van der Waals surface area contributed by atoms with Crippen LogP contribution in [0.25, 0.3) is 0 Å². The average molecular weight is 392 g/mol. The zero-order valence-electron chi connectivity index (χ0n) is 13.8. The van der Waals surface area contributed by atoms with E-state index in [1.54, 1.807) is 18.2 Å². The van der Waals surface area contributed by atoms with Crippen molar-refractivity contribution in [2.24, 2.45) is 4.99 Å². The molecule has 1 fully saturated rings. The molecule has 134 valence electrons. The molecule has 2 amide bonds. The third-order valence-corrected chi connectivity index (χ3v) is 5.17. The number of hydrogen-bond acceptors (Lipinski definition) is 4. The topological polar surface area (TPSA) is 70.6 Å². The Balaban J connectivity index is 1.64. The minimum atomic E-state index is -0.624. The predicted octanol–water partition coefficient (Wildman–Crippen LogP) is 4.04. The summed E-state index contributed by atoms with van der Waals surface area (Å²) in [7, 11) is 0. The molecular formula is C18H15ClFN3O2S. The van der Waals surface area contributed by atoms with Crippen LogP contribution in [-0.2, 0) is 9.59 Å². The monoisotopic (exact) mass is 391 g/mol. The van der Waals surface area contributed by atoms with Gasteiger partial charge in [-0.25, -0.2) is 9.38 Å². The first-order chi connectivity index (χ1) is 12.4. The molecule has 0 aliphatic carbocycles. The number of aryl methyl sites for hydroxylation is 1. The largest absolute Gasteiger partial charge is 0.324 e. The summed E-state index contributed by atoms with van der Waals surface area (Å²) in [6, 6.07) is 11.2. The molecule has 0 saturated carbocycles. The molecule has 1 aliphatic heterocycles. The summed E-state index contributed by atoms with van der Waals surface area (Å²) < 4.78 is 13.6. The van der Waals surface area contributed by atoms with Crippen molar-refractivity contribution in [1.29, 1.82) is 0 Å². The van der Waals surface area contributed by atoms with Crippen LogP contribution in [0.3, 0.4) is 0 Å². The van der Waals surface area contributed by atoms with Gasteiger partial charge in [0.05, 0.1) is 11.4 Å². The number of aliphatic imine (C=N–C) groups is 1. The highest BCUT2D eigenvalue weighted by Crippen LogP contribution is 2.28. The maximum atomic E-state index is 13.6. The molecule has 0 unspecified atom stereocenters. The summed E-state index contributed by atoms with van der Waals surface area (Å²) in [6.07, 6.45) is -0.0848. The fourth-order valence-corrected chi connectivity index (χ4v) is 3.46. The summed E-state index contributed by atoms with van der Waals surface area (Å²) in [5.74, 6) is -1.28. The summed E-state index contributed by atoms with van der Waals surface area (Å²) in [4.78, 5) is 28.5. The van der Waals surface area contributed by atoms with Gasteiger partial charge in [0, 0.05) is 11.4 Å². The van der Waals surface area contributed by atoms with Crippen molar-refractivity contribution in [3.63, 3.8) is 0 Å². The van der Waals surface area contributed by atoms with Gasteiger partial charge >= 0.3 is 0 Å². The van der Waals surface area contributed by atoms with Crippen molar-refractivity contribution < 1.29 is 14.0 Å². The van der Waals surface area contributed by atoms with Crippen LogP contribution < -0.4 is 10.6 Å². The van der Waals surface area contributed by atoms with Crippen molar-refractivity contribution in [3.8, 4) is 0 Å². The van der Waals surface area contributed by atoms with E-state index in [1.807, 2.05) is 13.0 Å². The standard InChI is InChI=1S/C18H15ClFN3O2S/c1-10-6-7-11(8-12(10)19)21-18-23-17(25)15(26-18)9-16(24)22-14-5-3-2-4-13(14)20/h2-8,15H,9H2,1H3,(H,22,24)(H,21,23,25)/t15-/m0/s1. The molecule has 2 aromatic rings. The SMILES string of the molecule is Cc1ccc(N=C2NC(=O)[C@H](CC(=O)Nc3ccccc3F)S2)cc1Cl. The number of thioether (sulfide) groups is 1. The Kier molecular flexibility index (Phi) is 5.58. The number of anilines is 1. The zero-order chi connectivity index (χ0) is 18.7. The lowest BCUT2D eigenvalue weighted by atomic mass is 10.2. The average Bonchev–Trinajstić information content (AvgIpc) is 2.92. The minimum Gasteiger partial charge on any atom is -0.324 e. The van der Waals surface area contributed by atoms with Gasteiger partial charge in [-0.2, -0.15) is 0 Å². The zero-order valence-corrected chi connectivity index (χ0v) is 15.3. The molecule has 2 N–H and O–H groups in total. The Morgan fingerprint density at radius 3 is 2.85 bits per heavy atom. The van der Waals surface area contributed by atoms with Gasteiger partial charge in [0.15, 0.2) is 5.17 Å². The third-order valence-electron chi connectivity index (χ3n) is 3.68. The van der Waals surface area contributed by atoms with Gasteiger partial charge in [0.1, 0.15) is 11.1 Å². The number of benzene rings is 2. The predicted molar refractivity (Wildman–Crippen MR) is 102 cm³/mol. The first-order valence-electron chi connectivity index (χ1n) is 7.79. The van der Waals surface area contributed by atoms with Crippen LogP contribution in [0.4, 0.5) is 15.8 Å².